The van der Waals surface area contributed by atoms with Gasteiger partial charge in [-0.25, -0.2) is 0 Å². The van der Waals surface area contributed by atoms with E-state index in [1.807, 2.05) is 22.8 Å². The van der Waals surface area contributed by atoms with E-state index >= 15 is 0 Å². The molecule has 1 heterocycles. The first-order valence-corrected chi connectivity index (χ1v) is 6.77. The Morgan fingerprint density at radius 1 is 1.00 bits per heavy atom. The van der Waals surface area contributed by atoms with Crippen LogP contribution in [0.3, 0.4) is 0 Å². The molecule has 1 aliphatic rings. The van der Waals surface area contributed by atoms with Crippen LogP contribution in [0.25, 0.3) is 0 Å². The van der Waals surface area contributed by atoms with Gasteiger partial charge in [0.1, 0.15) is 0 Å². The summed E-state index contributed by atoms with van der Waals surface area (Å²) in [7, 11) is 0. The quantitative estimate of drug-likeness (QED) is 0.908. The average molecular weight is 254 g/mol. The number of aryl methyl sites for hydroxylation is 1. The van der Waals surface area contributed by atoms with E-state index in [2.05, 4.69) is 12.1 Å². The molecule has 98 valence electrons. The fraction of sp³-hybridized carbons (Fsp3) is 0.312. The number of nitrogens with zero attached hydrogens (tertiary/aromatic N) is 1. The summed E-state index contributed by atoms with van der Waals surface area (Å²) in [6, 6.07) is 11.9. The van der Waals surface area contributed by atoms with Gasteiger partial charge in [0.25, 0.3) is 5.56 Å². The summed E-state index contributed by atoms with van der Waals surface area (Å²) >= 11 is 0. The van der Waals surface area contributed by atoms with Gasteiger partial charge in [-0.1, -0.05) is 30.3 Å². The van der Waals surface area contributed by atoms with Crippen molar-refractivity contribution in [3.63, 3.8) is 0 Å². The van der Waals surface area contributed by atoms with Crippen LogP contribution in [0.1, 0.15) is 28.8 Å². The summed E-state index contributed by atoms with van der Waals surface area (Å²) in [5.74, 6) is 0. The normalized spacial score (nSPS) is 13.5. The third-order valence-electron chi connectivity index (χ3n) is 3.85. The number of rotatable bonds is 3. The van der Waals surface area contributed by atoms with Crippen molar-refractivity contribution >= 4 is 0 Å². The van der Waals surface area contributed by atoms with Crippen molar-refractivity contribution in [1.29, 1.82) is 0 Å². The average Bonchev–Trinajstić information content (AvgIpc) is 2.91. The molecule has 2 aromatic rings. The van der Waals surface area contributed by atoms with Crippen molar-refractivity contribution in [2.45, 2.75) is 32.4 Å². The summed E-state index contributed by atoms with van der Waals surface area (Å²) in [5.41, 5.74) is 10.5. The summed E-state index contributed by atoms with van der Waals surface area (Å²) < 4.78 is 1.92. The third-order valence-corrected chi connectivity index (χ3v) is 3.85. The molecular weight excluding hydrogens is 236 g/mol. The smallest absolute Gasteiger partial charge is 0.251 e. The molecule has 1 aromatic carbocycles. The van der Waals surface area contributed by atoms with Gasteiger partial charge in [0.15, 0.2) is 0 Å². The second-order valence-electron chi connectivity index (χ2n) is 5.10. The minimum atomic E-state index is 0.101. The molecule has 0 atom stereocenters. The van der Waals surface area contributed by atoms with Gasteiger partial charge < -0.3 is 10.3 Å². The number of pyridine rings is 1. The molecule has 0 spiro atoms. The summed E-state index contributed by atoms with van der Waals surface area (Å²) in [6.07, 6.45) is 3.28. The zero-order valence-electron chi connectivity index (χ0n) is 10.9. The number of aromatic nitrogens is 1. The first-order valence-electron chi connectivity index (χ1n) is 6.77. The molecule has 1 aliphatic carbocycles. The molecule has 0 saturated heterocycles. The van der Waals surface area contributed by atoms with Crippen molar-refractivity contribution < 1.29 is 0 Å². The molecule has 0 fully saturated rings. The van der Waals surface area contributed by atoms with Gasteiger partial charge in [0.05, 0.1) is 6.54 Å². The Balaban J connectivity index is 1.94. The first kappa shape index (κ1) is 12.2. The van der Waals surface area contributed by atoms with E-state index in [4.69, 9.17) is 5.73 Å². The molecule has 3 rings (SSSR count). The summed E-state index contributed by atoms with van der Waals surface area (Å²) in [5, 5.41) is 0. The van der Waals surface area contributed by atoms with Gasteiger partial charge in [0, 0.05) is 18.3 Å². The van der Waals surface area contributed by atoms with Gasteiger partial charge in [0.2, 0.25) is 0 Å². The van der Waals surface area contributed by atoms with Crippen LogP contribution in [0.2, 0.25) is 0 Å². The number of benzene rings is 1. The summed E-state index contributed by atoms with van der Waals surface area (Å²) in [4.78, 5) is 12.0. The zero-order chi connectivity index (χ0) is 13.2. The molecule has 3 nitrogen and oxygen atoms in total. The molecule has 0 aliphatic heterocycles. The Hall–Kier alpha value is -1.87. The van der Waals surface area contributed by atoms with Crippen molar-refractivity contribution in [3.8, 4) is 0 Å². The topological polar surface area (TPSA) is 48.0 Å². The van der Waals surface area contributed by atoms with E-state index in [0.717, 1.165) is 30.4 Å². The summed E-state index contributed by atoms with van der Waals surface area (Å²) in [6.45, 7) is 1.22. The molecular formula is C16H18N2O. The Labute approximate surface area is 112 Å². The monoisotopic (exact) mass is 254 g/mol. The largest absolute Gasteiger partial charge is 0.326 e. The maximum atomic E-state index is 12.0. The van der Waals surface area contributed by atoms with Gasteiger partial charge in [-0.05, 0) is 36.0 Å². The van der Waals surface area contributed by atoms with Crippen LogP contribution in [0.5, 0.6) is 0 Å². The standard InChI is InChI=1S/C16H18N2O/c17-10-12-4-6-13(7-5-12)11-18-15-3-1-2-14(15)8-9-16(18)19/h4-9H,1-3,10-11,17H2. The lowest BCUT2D eigenvalue weighted by atomic mass is 10.1. The maximum Gasteiger partial charge on any atom is 0.251 e. The molecule has 0 unspecified atom stereocenters. The highest BCUT2D eigenvalue weighted by Crippen LogP contribution is 2.20. The first-order chi connectivity index (χ1) is 9.28. The van der Waals surface area contributed by atoms with Crippen molar-refractivity contribution in [2.24, 2.45) is 5.73 Å². The van der Waals surface area contributed by atoms with Crippen LogP contribution in [0.4, 0.5) is 0 Å². The van der Waals surface area contributed by atoms with E-state index < -0.39 is 0 Å². The highest BCUT2D eigenvalue weighted by molar-refractivity contribution is 5.28. The second-order valence-corrected chi connectivity index (χ2v) is 5.10. The van der Waals surface area contributed by atoms with Crippen molar-refractivity contribution in [3.05, 3.63) is 69.1 Å². The van der Waals surface area contributed by atoms with Crippen LogP contribution >= 0.6 is 0 Å². The molecule has 1 aromatic heterocycles. The molecule has 0 amide bonds. The number of fused-ring (bicyclic) bond motifs is 1. The lowest BCUT2D eigenvalue weighted by Gasteiger charge is -2.12. The molecule has 2 N–H and O–H groups in total. The van der Waals surface area contributed by atoms with Gasteiger partial charge in [-0.3, -0.25) is 4.79 Å². The molecule has 0 radical (unpaired) electrons. The van der Waals surface area contributed by atoms with E-state index in [1.54, 1.807) is 6.07 Å². The second kappa shape index (κ2) is 5.02. The number of nitrogens with two attached hydrogens (primary N) is 1. The predicted octanol–water partition coefficient (Wildman–Crippen LogP) is 1.84. The lowest BCUT2D eigenvalue weighted by molar-refractivity contribution is 0.707. The highest BCUT2D eigenvalue weighted by atomic mass is 16.1. The molecule has 0 bridgehead atoms. The third kappa shape index (κ3) is 2.34. The van der Waals surface area contributed by atoms with Crippen molar-refractivity contribution in [1.82, 2.24) is 4.57 Å². The number of hydrogen-bond acceptors (Lipinski definition) is 2. The zero-order valence-corrected chi connectivity index (χ0v) is 10.9. The van der Waals surface area contributed by atoms with E-state index in [9.17, 15) is 4.79 Å². The fourth-order valence-electron chi connectivity index (χ4n) is 2.77. The van der Waals surface area contributed by atoms with E-state index in [1.165, 1.54) is 11.3 Å². The van der Waals surface area contributed by atoms with Crippen LogP contribution in [-0.4, -0.2) is 4.57 Å². The maximum absolute atomic E-state index is 12.0. The van der Waals surface area contributed by atoms with Crippen LogP contribution in [0.15, 0.2) is 41.2 Å². The Bertz CT molecular complexity index is 641. The van der Waals surface area contributed by atoms with Gasteiger partial charge in [-0.2, -0.15) is 0 Å². The van der Waals surface area contributed by atoms with E-state index in [0.29, 0.717) is 13.1 Å². The Morgan fingerprint density at radius 2 is 1.74 bits per heavy atom. The van der Waals surface area contributed by atoms with Crippen LogP contribution in [0, 0.1) is 0 Å². The van der Waals surface area contributed by atoms with Gasteiger partial charge >= 0.3 is 0 Å². The SMILES string of the molecule is NCc1ccc(Cn2c3c(ccc2=O)CCC3)cc1. The molecule has 19 heavy (non-hydrogen) atoms. The van der Waals surface area contributed by atoms with E-state index in [-0.39, 0.29) is 5.56 Å². The lowest BCUT2D eigenvalue weighted by Crippen LogP contribution is -2.23. The number of hydrogen-bond donors (Lipinski definition) is 1. The predicted molar refractivity (Wildman–Crippen MR) is 76.2 cm³/mol. The minimum Gasteiger partial charge on any atom is -0.326 e. The molecule has 3 heteroatoms. The van der Waals surface area contributed by atoms with Gasteiger partial charge in [-0.15, -0.1) is 0 Å². The van der Waals surface area contributed by atoms with Crippen LogP contribution < -0.4 is 11.3 Å². The minimum absolute atomic E-state index is 0.101. The van der Waals surface area contributed by atoms with Crippen LogP contribution in [-0.2, 0) is 25.9 Å². The Kier molecular flexibility index (Phi) is 3.22. The Morgan fingerprint density at radius 3 is 2.47 bits per heavy atom. The van der Waals surface area contributed by atoms with Crippen molar-refractivity contribution in [2.75, 3.05) is 0 Å². The highest BCUT2D eigenvalue weighted by Gasteiger charge is 2.15. The molecule has 0 saturated carbocycles. The fourth-order valence-corrected chi connectivity index (χ4v) is 2.77.